The largest absolute Gasteiger partial charge is 0.352 e. The number of hydrogen-bond donors (Lipinski definition) is 0. The normalized spacial score (nSPS) is 15.5. The molecule has 1 aromatic heterocycles. The van der Waals surface area contributed by atoms with E-state index in [1.54, 1.807) is 0 Å². The summed E-state index contributed by atoms with van der Waals surface area (Å²) < 4.78 is 0. The molecule has 1 aliphatic rings. The maximum atomic E-state index is 6.05. The first kappa shape index (κ1) is 19.1. The van der Waals surface area contributed by atoms with Crippen LogP contribution in [0.1, 0.15) is 0 Å². The second-order valence-electron chi connectivity index (χ2n) is 7.56. The van der Waals surface area contributed by atoms with Crippen LogP contribution >= 0.6 is 11.6 Å². The molecule has 5 nitrogen and oxygen atoms in total. The van der Waals surface area contributed by atoms with Crippen LogP contribution in [0.3, 0.4) is 0 Å². The fourth-order valence-electron chi connectivity index (χ4n) is 3.67. The zero-order valence-electron chi connectivity index (χ0n) is 16.5. The van der Waals surface area contributed by atoms with Crippen LogP contribution in [0.15, 0.2) is 48.5 Å². The van der Waals surface area contributed by atoms with Crippen LogP contribution in [0.4, 0.5) is 5.82 Å². The Morgan fingerprint density at radius 3 is 2.25 bits per heavy atom. The SMILES string of the molecule is CN(C)CCN1CCN(c2nnc(-c3ccc(Cl)cc3)c3ccccc23)CC1. The number of hydrogen-bond acceptors (Lipinski definition) is 5. The molecule has 6 heteroatoms. The van der Waals surface area contributed by atoms with E-state index in [2.05, 4.69) is 63.3 Å². The Balaban J connectivity index is 1.60. The van der Waals surface area contributed by atoms with Crippen molar-refractivity contribution in [1.82, 2.24) is 20.0 Å². The molecule has 2 heterocycles. The molecule has 1 saturated heterocycles. The summed E-state index contributed by atoms with van der Waals surface area (Å²) in [4.78, 5) is 7.13. The lowest BCUT2D eigenvalue weighted by molar-refractivity contribution is 0.229. The maximum absolute atomic E-state index is 6.05. The highest BCUT2D eigenvalue weighted by Crippen LogP contribution is 2.32. The fraction of sp³-hybridized carbons (Fsp3) is 0.364. The predicted molar refractivity (Wildman–Crippen MR) is 117 cm³/mol. The first-order valence-electron chi connectivity index (χ1n) is 9.75. The molecule has 0 N–H and O–H groups in total. The Bertz CT molecular complexity index is 933. The molecule has 0 bridgehead atoms. The summed E-state index contributed by atoms with van der Waals surface area (Å²) in [5, 5.41) is 12.3. The summed E-state index contributed by atoms with van der Waals surface area (Å²) in [6.45, 7) is 6.28. The molecular formula is C22H26ClN5. The van der Waals surface area contributed by atoms with E-state index >= 15 is 0 Å². The molecule has 0 radical (unpaired) electrons. The highest BCUT2D eigenvalue weighted by atomic mass is 35.5. The lowest BCUT2D eigenvalue weighted by Gasteiger charge is -2.36. The van der Waals surface area contributed by atoms with Crippen LogP contribution in [0.5, 0.6) is 0 Å². The Hall–Kier alpha value is -2.21. The summed E-state index contributed by atoms with van der Waals surface area (Å²) in [5.41, 5.74) is 1.94. The van der Waals surface area contributed by atoms with Gasteiger partial charge in [-0.3, -0.25) is 4.90 Å². The zero-order chi connectivity index (χ0) is 19.5. The number of benzene rings is 2. The molecule has 0 atom stereocenters. The van der Waals surface area contributed by atoms with Crippen molar-refractivity contribution in [3.8, 4) is 11.3 Å². The van der Waals surface area contributed by atoms with Gasteiger partial charge in [0.25, 0.3) is 0 Å². The summed E-state index contributed by atoms with van der Waals surface area (Å²) in [7, 11) is 4.25. The van der Waals surface area contributed by atoms with Gasteiger partial charge in [0.05, 0.1) is 0 Å². The maximum Gasteiger partial charge on any atom is 0.159 e. The van der Waals surface area contributed by atoms with E-state index in [1.165, 1.54) is 0 Å². The first-order valence-corrected chi connectivity index (χ1v) is 10.1. The number of likely N-dealkylation sites (N-methyl/N-ethyl adjacent to an activating group) is 1. The minimum Gasteiger partial charge on any atom is -0.352 e. The molecular weight excluding hydrogens is 370 g/mol. The molecule has 0 amide bonds. The van der Waals surface area contributed by atoms with Gasteiger partial charge in [-0.2, -0.15) is 0 Å². The van der Waals surface area contributed by atoms with Gasteiger partial charge in [0.1, 0.15) is 5.69 Å². The van der Waals surface area contributed by atoms with Crippen LogP contribution in [-0.4, -0.2) is 73.4 Å². The molecule has 28 heavy (non-hydrogen) atoms. The van der Waals surface area contributed by atoms with Crippen molar-refractivity contribution in [2.24, 2.45) is 0 Å². The van der Waals surface area contributed by atoms with Gasteiger partial charge in [0, 0.05) is 60.6 Å². The van der Waals surface area contributed by atoms with Crippen molar-refractivity contribution in [2.45, 2.75) is 0 Å². The van der Waals surface area contributed by atoms with Crippen molar-refractivity contribution in [2.75, 3.05) is 58.3 Å². The van der Waals surface area contributed by atoms with E-state index in [1.807, 2.05) is 24.3 Å². The summed E-state index contributed by atoms with van der Waals surface area (Å²) in [5.74, 6) is 0.987. The van der Waals surface area contributed by atoms with Crippen molar-refractivity contribution in [3.63, 3.8) is 0 Å². The topological polar surface area (TPSA) is 35.5 Å². The monoisotopic (exact) mass is 395 g/mol. The third-order valence-corrected chi connectivity index (χ3v) is 5.57. The van der Waals surface area contributed by atoms with Crippen molar-refractivity contribution >= 4 is 28.2 Å². The van der Waals surface area contributed by atoms with Gasteiger partial charge >= 0.3 is 0 Å². The van der Waals surface area contributed by atoms with Gasteiger partial charge < -0.3 is 9.80 Å². The number of halogens is 1. The van der Waals surface area contributed by atoms with Crippen molar-refractivity contribution in [1.29, 1.82) is 0 Å². The minimum atomic E-state index is 0.727. The minimum absolute atomic E-state index is 0.727. The second kappa shape index (κ2) is 8.43. The molecule has 1 fully saturated rings. The molecule has 2 aromatic carbocycles. The average Bonchev–Trinajstić information content (AvgIpc) is 2.73. The fourth-order valence-corrected chi connectivity index (χ4v) is 3.79. The van der Waals surface area contributed by atoms with Gasteiger partial charge in [-0.25, -0.2) is 0 Å². The molecule has 146 valence electrons. The first-order chi connectivity index (χ1) is 13.6. The molecule has 0 spiro atoms. The highest BCUT2D eigenvalue weighted by Gasteiger charge is 2.21. The number of rotatable bonds is 5. The quantitative estimate of drug-likeness (QED) is 0.659. The number of nitrogens with zero attached hydrogens (tertiary/aromatic N) is 5. The summed E-state index contributed by atoms with van der Waals surface area (Å²) in [6, 6.07) is 16.2. The Labute approximate surface area is 171 Å². The van der Waals surface area contributed by atoms with Gasteiger partial charge in [0.2, 0.25) is 0 Å². The van der Waals surface area contributed by atoms with Crippen LogP contribution in [-0.2, 0) is 0 Å². The van der Waals surface area contributed by atoms with Crippen molar-refractivity contribution < 1.29 is 0 Å². The molecule has 0 saturated carbocycles. The van der Waals surface area contributed by atoms with Crippen LogP contribution in [0.2, 0.25) is 5.02 Å². The lowest BCUT2D eigenvalue weighted by Crippen LogP contribution is -2.48. The van der Waals surface area contributed by atoms with Crippen molar-refractivity contribution in [3.05, 3.63) is 53.6 Å². The van der Waals surface area contributed by atoms with E-state index in [0.717, 1.165) is 72.1 Å². The van der Waals surface area contributed by atoms with Crippen LogP contribution < -0.4 is 4.90 Å². The standard InChI is InChI=1S/C22H26ClN5/c1-26(2)11-12-27-13-15-28(16-14-27)22-20-6-4-3-5-19(20)21(24-25-22)17-7-9-18(23)10-8-17/h3-10H,11-16H2,1-2H3. The molecule has 4 rings (SSSR count). The third kappa shape index (κ3) is 4.12. The Morgan fingerprint density at radius 2 is 1.57 bits per heavy atom. The van der Waals surface area contributed by atoms with Crippen LogP contribution in [0.25, 0.3) is 22.0 Å². The number of aromatic nitrogens is 2. The van der Waals surface area contributed by atoms with Crippen LogP contribution in [0, 0.1) is 0 Å². The van der Waals surface area contributed by atoms with E-state index in [0.29, 0.717) is 0 Å². The molecule has 0 unspecified atom stereocenters. The van der Waals surface area contributed by atoms with E-state index in [-0.39, 0.29) is 0 Å². The van der Waals surface area contributed by atoms with Gasteiger partial charge in [-0.15, -0.1) is 10.2 Å². The predicted octanol–water partition coefficient (Wildman–Crippen LogP) is 3.63. The summed E-state index contributed by atoms with van der Waals surface area (Å²) >= 11 is 6.05. The summed E-state index contributed by atoms with van der Waals surface area (Å²) in [6.07, 6.45) is 0. The number of anilines is 1. The van der Waals surface area contributed by atoms with Gasteiger partial charge in [0.15, 0.2) is 5.82 Å². The number of fused-ring (bicyclic) bond motifs is 1. The lowest BCUT2D eigenvalue weighted by atomic mass is 10.0. The van der Waals surface area contributed by atoms with E-state index < -0.39 is 0 Å². The number of piperazine rings is 1. The van der Waals surface area contributed by atoms with Gasteiger partial charge in [-0.05, 0) is 26.2 Å². The second-order valence-corrected chi connectivity index (χ2v) is 7.99. The van der Waals surface area contributed by atoms with E-state index in [9.17, 15) is 0 Å². The highest BCUT2D eigenvalue weighted by molar-refractivity contribution is 6.30. The third-order valence-electron chi connectivity index (χ3n) is 5.32. The smallest absolute Gasteiger partial charge is 0.159 e. The zero-order valence-corrected chi connectivity index (χ0v) is 17.2. The Morgan fingerprint density at radius 1 is 0.893 bits per heavy atom. The van der Waals surface area contributed by atoms with E-state index in [4.69, 9.17) is 11.6 Å². The average molecular weight is 396 g/mol. The molecule has 1 aliphatic heterocycles. The molecule has 0 aliphatic carbocycles. The Kier molecular flexibility index (Phi) is 5.76. The molecule has 3 aromatic rings. The van der Waals surface area contributed by atoms with Gasteiger partial charge in [-0.1, -0.05) is 48.0 Å².